The lowest BCUT2D eigenvalue weighted by molar-refractivity contribution is -0.137. The van der Waals surface area contributed by atoms with E-state index in [1.807, 2.05) is 0 Å². The van der Waals surface area contributed by atoms with Gasteiger partial charge < -0.3 is 5.11 Å². The van der Waals surface area contributed by atoms with E-state index in [4.69, 9.17) is 5.11 Å². The fraction of sp³-hybridized carbons (Fsp3) is 0.450. The molecular weight excluding hydrogens is 272 g/mol. The molecule has 0 heterocycles. The molecule has 2 heteroatoms. The van der Waals surface area contributed by atoms with E-state index < -0.39 is 5.97 Å². The van der Waals surface area contributed by atoms with Crippen molar-refractivity contribution in [3.05, 3.63) is 60.8 Å². The Balaban J connectivity index is 3.46. The maximum absolute atomic E-state index is 10.3. The number of rotatable bonds is 13. The molecule has 0 aromatic rings. The fourth-order valence-corrected chi connectivity index (χ4v) is 1.74. The zero-order chi connectivity index (χ0) is 16.3. The Morgan fingerprint density at radius 3 is 1.55 bits per heavy atom. The minimum Gasteiger partial charge on any atom is -0.481 e. The van der Waals surface area contributed by atoms with Crippen LogP contribution in [0.25, 0.3) is 0 Å². The first-order valence-electron chi connectivity index (χ1n) is 8.24. The summed E-state index contributed by atoms with van der Waals surface area (Å²) in [6, 6.07) is 0. The van der Waals surface area contributed by atoms with E-state index in [-0.39, 0.29) is 6.42 Å². The van der Waals surface area contributed by atoms with Gasteiger partial charge in [-0.2, -0.15) is 0 Å². The molecule has 0 spiro atoms. The van der Waals surface area contributed by atoms with Gasteiger partial charge in [0, 0.05) is 6.42 Å². The van der Waals surface area contributed by atoms with Gasteiger partial charge in [0.1, 0.15) is 0 Å². The molecule has 0 aromatic carbocycles. The Labute approximate surface area is 135 Å². The van der Waals surface area contributed by atoms with Crippen molar-refractivity contribution in [3.63, 3.8) is 0 Å². The van der Waals surface area contributed by atoms with Crippen molar-refractivity contribution >= 4 is 5.97 Å². The second-order valence-electron chi connectivity index (χ2n) is 4.99. The summed E-state index contributed by atoms with van der Waals surface area (Å²) in [5.41, 5.74) is 0. The van der Waals surface area contributed by atoms with Gasteiger partial charge in [0.05, 0.1) is 0 Å². The average molecular weight is 302 g/mol. The first-order valence-corrected chi connectivity index (χ1v) is 8.24. The first-order chi connectivity index (χ1) is 10.8. The molecule has 0 bridgehead atoms. The van der Waals surface area contributed by atoms with Gasteiger partial charge in [0.25, 0.3) is 0 Å². The van der Waals surface area contributed by atoms with Crippen LogP contribution in [0, 0.1) is 0 Å². The lowest BCUT2D eigenvalue weighted by atomic mass is 10.2. The summed E-state index contributed by atoms with van der Waals surface area (Å²) in [5, 5.41) is 8.49. The molecule has 122 valence electrons. The molecule has 2 nitrogen and oxygen atoms in total. The van der Waals surface area contributed by atoms with Crippen LogP contribution in [0.4, 0.5) is 0 Å². The largest absolute Gasteiger partial charge is 0.481 e. The number of unbranched alkanes of at least 4 members (excludes halogenated alkanes) is 1. The average Bonchev–Trinajstić information content (AvgIpc) is 2.50. The van der Waals surface area contributed by atoms with Gasteiger partial charge in [0.2, 0.25) is 0 Å². The number of carboxylic acid groups (broad SMARTS) is 1. The van der Waals surface area contributed by atoms with E-state index in [0.717, 1.165) is 44.9 Å². The highest BCUT2D eigenvalue weighted by Crippen LogP contribution is 1.99. The molecule has 0 atom stereocenters. The topological polar surface area (TPSA) is 37.3 Å². The number of aliphatic carboxylic acids is 1. The molecule has 0 aliphatic rings. The zero-order valence-corrected chi connectivity index (χ0v) is 13.8. The molecule has 0 radical (unpaired) electrons. The minimum atomic E-state index is -0.715. The Bertz CT molecular complexity index is 398. The van der Waals surface area contributed by atoms with E-state index >= 15 is 0 Å². The lowest BCUT2D eigenvalue weighted by Gasteiger charge is -1.89. The number of hydrogen-bond acceptors (Lipinski definition) is 1. The molecule has 0 aliphatic carbocycles. The number of carbonyl (C=O) groups is 1. The summed E-state index contributed by atoms with van der Waals surface area (Å²) >= 11 is 0. The van der Waals surface area contributed by atoms with Crippen molar-refractivity contribution in [2.75, 3.05) is 0 Å². The predicted octanol–water partition coefficient (Wildman–Crippen LogP) is 5.99. The van der Waals surface area contributed by atoms with Gasteiger partial charge in [-0.3, -0.25) is 4.79 Å². The standard InChI is InChI=1S/C20H30O2/c1-2-3-4-5-6-7-8-9-10-11-12-13-14-15-16-17-18-19-20(21)22/h3-4,6-7,9-10,12-13,15-16H,2,5,8,11,14,17-19H2,1H3,(H,21,22)/b4-3+,7-6+,10-9+,13-12+,16-15-. The van der Waals surface area contributed by atoms with Crippen LogP contribution >= 0.6 is 0 Å². The Morgan fingerprint density at radius 1 is 0.727 bits per heavy atom. The van der Waals surface area contributed by atoms with Gasteiger partial charge in [-0.05, 0) is 44.9 Å². The fourth-order valence-electron chi connectivity index (χ4n) is 1.74. The maximum Gasteiger partial charge on any atom is 0.303 e. The van der Waals surface area contributed by atoms with Crippen molar-refractivity contribution in [1.29, 1.82) is 0 Å². The van der Waals surface area contributed by atoms with Crippen molar-refractivity contribution in [2.24, 2.45) is 0 Å². The third kappa shape index (κ3) is 18.2. The molecule has 0 aromatic heterocycles. The maximum atomic E-state index is 10.3. The Kier molecular flexibility index (Phi) is 15.8. The third-order valence-electron chi connectivity index (χ3n) is 2.92. The summed E-state index contributed by atoms with van der Waals surface area (Å²) in [7, 11) is 0. The summed E-state index contributed by atoms with van der Waals surface area (Å²) in [6.07, 6.45) is 28.4. The van der Waals surface area contributed by atoms with Crippen LogP contribution in [-0.4, -0.2) is 11.1 Å². The number of allylic oxidation sites excluding steroid dienone is 10. The van der Waals surface area contributed by atoms with E-state index in [1.54, 1.807) is 0 Å². The molecule has 0 fully saturated rings. The molecule has 0 rings (SSSR count). The molecule has 0 saturated heterocycles. The van der Waals surface area contributed by atoms with Gasteiger partial charge >= 0.3 is 5.97 Å². The smallest absolute Gasteiger partial charge is 0.303 e. The van der Waals surface area contributed by atoms with E-state index in [0.29, 0.717) is 0 Å². The second-order valence-corrected chi connectivity index (χ2v) is 4.99. The van der Waals surface area contributed by atoms with Crippen molar-refractivity contribution in [2.45, 2.75) is 58.3 Å². The summed E-state index contributed by atoms with van der Waals surface area (Å²) in [4.78, 5) is 10.3. The molecule has 1 N–H and O–H groups in total. The SMILES string of the molecule is CC/C=C/C/C=C/C/C=C/C/C=C/C/C=C\CCCC(=O)O. The Morgan fingerprint density at radius 2 is 1.14 bits per heavy atom. The highest BCUT2D eigenvalue weighted by molar-refractivity contribution is 5.66. The summed E-state index contributed by atoms with van der Waals surface area (Å²) in [5.74, 6) is -0.715. The van der Waals surface area contributed by atoms with Crippen LogP contribution < -0.4 is 0 Å². The van der Waals surface area contributed by atoms with Crippen molar-refractivity contribution in [3.8, 4) is 0 Å². The third-order valence-corrected chi connectivity index (χ3v) is 2.92. The highest BCUT2D eigenvalue weighted by atomic mass is 16.4. The first kappa shape index (κ1) is 20.2. The van der Waals surface area contributed by atoms with Gasteiger partial charge in [-0.15, -0.1) is 0 Å². The monoisotopic (exact) mass is 302 g/mol. The van der Waals surface area contributed by atoms with E-state index in [1.165, 1.54) is 0 Å². The summed E-state index contributed by atoms with van der Waals surface area (Å²) in [6.45, 7) is 2.14. The van der Waals surface area contributed by atoms with Gasteiger partial charge in [-0.1, -0.05) is 67.7 Å². The van der Waals surface area contributed by atoms with Crippen LogP contribution in [0.15, 0.2) is 60.8 Å². The summed E-state index contributed by atoms with van der Waals surface area (Å²) < 4.78 is 0. The normalized spacial score (nSPS) is 12.8. The van der Waals surface area contributed by atoms with Crippen LogP contribution in [0.3, 0.4) is 0 Å². The van der Waals surface area contributed by atoms with Gasteiger partial charge in [0.15, 0.2) is 0 Å². The quantitative estimate of drug-likeness (QED) is 0.335. The van der Waals surface area contributed by atoms with Crippen molar-refractivity contribution < 1.29 is 9.90 Å². The molecule has 22 heavy (non-hydrogen) atoms. The second kappa shape index (κ2) is 17.2. The Hall–Kier alpha value is -1.83. The number of hydrogen-bond donors (Lipinski definition) is 1. The van der Waals surface area contributed by atoms with Crippen molar-refractivity contribution in [1.82, 2.24) is 0 Å². The van der Waals surface area contributed by atoms with E-state index in [9.17, 15) is 4.79 Å². The molecule has 0 saturated carbocycles. The van der Waals surface area contributed by atoms with Crippen LogP contribution in [0.1, 0.15) is 58.3 Å². The molecule has 0 unspecified atom stereocenters. The van der Waals surface area contributed by atoms with Crippen LogP contribution in [0.2, 0.25) is 0 Å². The van der Waals surface area contributed by atoms with Crippen LogP contribution in [-0.2, 0) is 4.79 Å². The molecule has 0 aliphatic heterocycles. The zero-order valence-electron chi connectivity index (χ0n) is 13.8. The minimum absolute atomic E-state index is 0.258. The van der Waals surface area contributed by atoms with Crippen LogP contribution in [0.5, 0.6) is 0 Å². The van der Waals surface area contributed by atoms with E-state index in [2.05, 4.69) is 67.7 Å². The predicted molar refractivity (Wildman–Crippen MR) is 95.9 cm³/mol. The highest BCUT2D eigenvalue weighted by Gasteiger charge is 1.92. The van der Waals surface area contributed by atoms with Gasteiger partial charge in [-0.25, -0.2) is 0 Å². The number of carboxylic acids is 1. The molecule has 0 amide bonds. The molecular formula is C20H30O2. The lowest BCUT2D eigenvalue weighted by Crippen LogP contribution is -1.92.